The molecule has 1 saturated heterocycles. The van der Waals surface area contributed by atoms with Gasteiger partial charge in [-0.15, -0.1) is 0 Å². The Morgan fingerprint density at radius 3 is 2.25 bits per heavy atom. The highest BCUT2D eigenvalue weighted by molar-refractivity contribution is 5.73. The number of amides is 1. The highest BCUT2D eigenvalue weighted by Gasteiger charge is 2.61. The van der Waals surface area contributed by atoms with Gasteiger partial charge in [-0.1, -0.05) is 20.8 Å². The highest BCUT2D eigenvalue weighted by atomic mass is 16.2. The minimum Gasteiger partial charge on any atom is -0.343 e. The Balaban J connectivity index is 1.59. The SMILES string of the molecule is CC(=O)N1CCC(NC2CC3CCC2(C)C3(C)C)CC1. The average molecular weight is 278 g/mol. The van der Waals surface area contributed by atoms with Crippen LogP contribution in [0.5, 0.6) is 0 Å². The zero-order valence-corrected chi connectivity index (χ0v) is 13.5. The predicted molar refractivity (Wildman–Crippen MR) is 81.4 cm³/mol. The number of nitrogens with zero attached hydrogens (tertiary/aromatic N) is 1. The molecule has 2 aliphatic carbocycles. The van der Waals surface area contributed by atoms with E-state index >= 15 is 0 Å². The van der Waals surface area contributed by atoms with Crippen molar-refractivity contribution in [2.75, 3.05) is 13.1 Å². The van der Waals surface area contributed by atoms with Crippen molar-refractivity contribution in [3.63, 3.8) is 0 Å². The predicted octanol–water partition coefficient (Wildman–Crippen LogP) is 2.80. The quantitative estimate of drug-likeness (QED) is 0.842. The number of carbonyl (C=O) groups excluding carboxylic acids is 1. The van der Waals surface area contributed by atoms with E-state index in [4.69, 9.17) is 0 Å². The van der Waals surface area contributed by atoms with E-state index in [2.05, 4.69) is 26.1 Å². The van der Waals surface area contributed by atoms with Gasteiger partial charge in [-0.05, 0) is 48.9 Å². The maximum absolute atomic E-state index is 11.4. The van der Waals surface area contributed by atoms with Crippen LogP contribution in [0.1, 0.15) is 59.8 Å². The van der Waals surface area contributed by atoms with Crippen LogP contribution in [0.3, 0.4) is 0 Å². The Morgan fingerprint density at radius 2 is 1.80 bits per heavy atom. The Kier molecular flexibility index (Phi) is 3.39. The molecule has 3 atom stereocenters. The summed E-state index contributed by atoms with van der Waals surface area (Å²) in [6.45, 7) is 11.0. The van der Waals surface area contributed by atoms with E-state index < -0.39 is 0 Å². The van der Waals surface area contributed by atoms with Crippen LogP contribution < -0.4 is 5.32 Å². The Morgan fingerprint density at radius 1 is 1.15 bits per heavy atom. The summed E-state index contributed by atoms with van der Waals surface area (Å²) in [5, 5.41) is 3.97. The van der Waals surface area contributed by atoms with Gasteiger partial charge < -0.3 is 10.2 Å². The number of hydrogen-bond donors (Lipinski definition) is 1. The lowest BCUT2D eigenvalue weighted by atomic mass is 9.69. The number of hydrogen-bond acceptors (Lipinski definition) is 2. The summed E-state index contributed by atoms with van der Waals surface area (Å²) >= 11 is 0. The maximum atomic E-state index is 11.4. The molecule has 114 valence electrons. The summed E-state index contributed by atoms with van der Waals surface area (Å²) < 4.78 is 0. The van der Waals surface area contributed by atoms with Gasteiger partial charge in [-0.3, -0.25) is 4.79 Å². The number of likely N-dealkylation sites (tertiary alicyclic amines) is 1. The normalized spacial score (nSPS) is 40.3. The van der Waals surface area contributed by atoms with Crippen LogP contribution in [0, 0.1) is 16.7 Å². The Bertz CT molecular complexity index is 398. The Labute approximate surface area is 123 Å². The van der Waals surface area contributed by atoms with Gasteiger partial charge in [0.15, 0.2) is 0 Å². The molecule has 1 heterocycles. The summed E-state index contributed by atoms with van der Waals surface area (Å²) in [4.78, 5) is 13.4. The minimum atomic E-state index is 0.233. The van der Waals surface area contributed by atoms with Crippen LogP contribution >= 0.6 is 0 Å². The molecule has 0 aromatic rings. The molecule has 0 spiro atoms. The lowest BCUT2D eigenvalue weighted by Crippen LogP contribution is -2.52. The van der Waals surface area contributed by atoms with Gasteiger partial charge in [-0.2, -0.15) is 0 Å². The number of piperidine rings is 1. The van der Waals surface area contributed by atoms with Gasteiger partial charge in [0.25, 0.3) is 0 Å². The molecule has 1 amide bonds. The van der Waals surface area contributed by atoms with Crippen molar-refractivity contribution in [3.05, 3.63) is 0 Å². The molecule has 1 aliphatic heterocycles. The number of rotatable bonds is 2. The van der Waals surface area contributed by atoms with Gasteiger partial charge >= 0.3 is 0 Å². The fourth-order valence-corrected chi connectivity index (χ4v) is 5.10. The second-order valence-corrected chi connectivity index (χ2v) is 8.11. The van der Waals surface area contributed by atoms with Crippen LogP contribution in [0.15, 0.2) is 0 Å². The molecule has 3 rings (SSSR count). The molecule has 2 bridgehead atoms. The first-order valence-electron chi connectivity index (χ1n) is 8.36. The average Bonchev–Trinajstić information content (AvgIpc) is 2.72. The van der Waals surface area contributed by atoms with Crippen LogP contribution in [-0.4, -0.2) is 36.0 Å². The van der Waals surface area contributed by atoms with Gasteiger partial charge in [-0.25, -0.2) is 0 Å². The van der Waals surface area contributed by atoms with Crippen LogP contribution in [0.2, 0.25) is 0 Å². The topological polar surface area (TPSA) is 32.3 Å². The summed E-state index contributed by atoms with van der Waals surface area (Å²) in [6, 6.07) is 1.30. The molecule has 0 radical (unpaired) electrons. The molecule has 3 fully saturated rings. The van der Waals surface area contributed by atoms with Crippen molar-refractivity contribution in [1.29, 1.82) is 0 Å². The standard InChI is InChI=1S/C17H30N2O/c1-12(20)19-9-6-14(7-10-19)18-15-11-13-5-8-17(15,4)16(13,2)3/h13-15,18H,5-11H2,1-4H3. The highest BCUT2D eigenvalue weighted by Crippen LogP contribution is 2.65. The molecule has 0 aromatic heterocycles. The van der Waals surface area contributed by atoms with Crippen molar-refractivity contribution >= 4 is 5.91 Å². The number of carbonyl (C=O) groups is 1. The molecule has 3 nitrogen and oxygen atoms in total. The molecular formula is C17H30N2O. The summed E-state index contributed by atoms with van der Waals surface area (Å²) in [6.07, 6.45) is 6.41. The van der Waals surface area contributed by atoms with Gasteiger partial charge in [0.05, 0.1) is 0 Å². The minimum absolute atomic E-state index is 0.233. The van der Waals surface area contributed by atoms with Crippen molar-refractivity contribution in [3.8, 4) is 0 Å². The van der Waals surface area contributed by atoms with E-state index in [9.17, 15) is 4.79 Å². The van der Waals surface area contributed by atoms with Crippen molar-refractivity contribution in [1.82, 2.24) is 10.2 Å². The van der Waals surface area contributed by atoms with E-state index in [0.717, 1.165) is 31.8 Å². The summed E-state index contributed by atoms with van der Waals surface area (Å²) in [5.74, 6) is 1.14. The smallest absolute Gasteiger partial charge is 0.219 e. The van der Waals surface area contributed by atoms with Crippen LogP contribution in [0.25, 0.3) is 0 Å². The molecule has 1 N–H and O–H groups in total. The van der Waals surface area contributed by atoms with Gasteiger partial charge in [0.1, 0.15) is 0 Å². The van der Waals surface area contributed by atoms with Crippen LogP contribution in [-0.2, 0) is 4.79 Å². The first kappa shape index (κ1) is 14.4. The van der Waals surface area contributed by atoms with E-state index in [1.54, 1.807) is 6.92 Å². The molecule has 3 heteroatoms. The number of nitrogens with one attached hydrogen (secondary N) is 1. The summed E-state index contributed by atoms with van der Waals surface area (Å²) in [7, 11) is 0. The molecular weight excluding hydrogens is 248 g/mol. The van der Waals surface area contributed by atoms with Crippen LogP contribution in [0.4, 0.5) is 0 Å². The maximum Gasteiger partial charge on any atom is 0.219 e. The zero-order valence-electron chi connectivity index (χ0n) is 13.5. The van der Waals surface area contributed by atoms with E-state index in [1.165, 1.54) is 19.3 Å². The zero-order chi connectivity index (χ0) is 14.5. The van der Waals surface area contributed by atoms with Crippen molar-refractivity contribution in [2.45, 2.75) is 71.9 Å². The lowest BCUT2D eigenvalue weighted by Gasteiger charge is -2.42. The number of fused-ring (bicyclic) bond motifs is 2. The Hall–Kier alpha value is -0.570. The van der Waals surface area contributed by atoms with Gasteiger partial charge in [0.2, 0.25) is 5.91 Å². The first-order chi connectivity index (χ1) is 9.34. The fourth-order valence-electron chi connectivity index (χ4n) is 5.10. The molecule has 3 unspecified atom stereocenters. The van der Waals surface area contributed by atoms with E-state index in [0.29, 0.717) is 22.9 Å². The molecule has 2 saturated carbocycles. The van der Waals surface area contributed by atoms with Crippen molar-refractivity contribution < 1.29 is 4.79 Å². The van der Waals surface area contributed by atoms with E-state index in [-0.39, 0.29) is 5.91 Å². The molecule has 0 aromatic carbocycles. The van der Waals surface area contributed by atoms with E-state index in [1.807, 2.05) is 4.90 Å². The summed E-state index contributed by atoms with van der Waals surface area (Å²) in [5.41, 5.74) is 0.958. The first-order valence-corrected chi connectivity index (χ1v) is 8.36. The lowest BCUT2D eigenvalue weighted by molar-refractivity contribution is -0.129. The molecule has 20 heavy (non-hydrogen) atoms. The van der Waals surface area contributed by atoms with Gasteiger partial charge in [0, 0.05) is 32.1 Å². The second kappa shape index (κ2) is 4.72. The fraction of sp³-hybridized carbons (Fsp3) is 0.941. The third-order valence-corrected chi connectivity index (χ3v) is 7.17. The van der Waals surface area contributed by atoms with Crippen molar-refractivity contribution in [2.24, 2.45) is 16.7 Å². The largest absolute Gasteiger partial charge is 0.343 e. The molecule has 3 aliphatic rings. The second-order valence-electron chi connectivity index (χ2n) is 8.11. The third-order valence-electron chi connectivity index (χ3n) is 7.17. The monoisotopic (exact) mass is 278 g/mol. The third kappa shape index (κ3) is 2.01.